The summed E-state index contributed by atoms with van der Waals surface area (Å²) in [4.78, 5) is 28.9. The molecular weight excluding hydrogens is 504 g/mol. The van der Waals surface area contributed by atoms with E-state index in [0.29, 0.717) is 28.7 Å². The Bertz CT molecular complexity index is 1180. The number of nitrogens with zero attached hydrogens (tertiary/aromatic N) is 1. The minimum Gasteiger partial charge on any atom is -0.496 e. The first kappa shape index (κ1) is 28.9. The van der Waals surface area contributed by atoms with Crippen molar-refractivity contribution < 1.29 is 23.8 Å². The van der Waals surface area contributed by atoms with Crippen LogP contribution in [0.3, 0.4) is 0 Å². The molecule has 2 amide bonds. The molecule has 0 unspecified atom stereocenters. The summed E-state index contributed by atoms with van der Waals surface area (Å²) in [6, 6.07) is 21.2. The second kappa shape index (κ2) is 14.3. The largest absolute Gasteiger partial charge is 0.496 e. The van der Waals surface area contributed by atoms with Crippen molar-refractivity contribution in [1.29, 1.82) is 0 Å². The van der Waals surface area contributed by atoms with Crippen molar-refractivity contribution in [3.63, 3.8) is 0 Å². The molecule has 3 aromatic carbocycles. The lowest BCUT2D eigenvalue weighted by Gasteiger charge is -2.32. The minimum atomic E-state index is -0.763. The quantitative estimate of drug-likeness (QED) is 0.320. The molecule has 0 saturated heterocycles. The number of halogens is 1. The van der Waals surface area contributed by atoms with Crippen LogP contribution in [0.2, 0.25) is 5.02 Å². The molecule has 2 atom stereocenters. The van der Waals surface area contributed by atoms with Gasteiger partial charge in [0.15, 0.2) is 6.61 Å². The number of hydrogen-bond acceptors (Lipinski definition) is 5. The number of carbonyl (C=O) groups is 2. The highest BCUT2D eigenvalue weighted by molar-refractivity contribution is 6.30. The Morgan fingerprint density at radius 3 is 2.13 bits per heavy atom. The smallest absolute Gasteiger partial charge is 0.261 e. The van der Waals surface area contributed by atoms with Gasteiger partial charge in [-0.15, -0.1) is 0 Å². The van der Waals surface area contributed by atoms with Crippen LogP contribution >= 0.6 is 11.6 Å². The summed E-state index contributed by atoms with van der Waals surface area (Å²) in [6.45, 7) is 3.86. The van der Waals surface area contributed by atoms with Crippen molar-refractivity contribution in [2.45, 2.75) is 45.3 Å². The van der Waals surface area contributed by atoms with Gasteiger partial charge in [0.2, 0.25) is 5.91 Å². The molecule has 0 aliphatic heterocycles. The highest BCUT2D eigenvalue weighted by Gasteiger charge is 2.31. The summed E-state index contributed by atoms with van der Waals surface area (Å²) >= 11 is 6.23. The lowest BCUT2D eigenvalue weighted by Crippen LogP contribution is -2.53. The van der Waals surface area contributed by atoms with Crippen molar-refractivity contribution in [3.8, 4) is 17.2 Å². The van der Waals surface area contributed by atoms with Gasteiger partial charge in [0.1, 0.15) is 23.3 Å². The number of methoxy groups -OCH3 is 2. The van der Waals surface area contributed by atoms with Crippen molar-refractivity contribution in [2.75, 3.05) is 20.8 Å². The SMILES string of the molecule is CC[C@H](C)NC(=O)[C@H](Cc1ccccc1)N(Cc1cccc(Cl)c1)C(=O)COc1cc(OC)cc(OC)c1. The number of amides is 2. The summed E-state index contributed by atoms with van der Waals surface area (Å²) in [6.07, 6.45) is 1.12. The summed E-state index contributed by atoms with van der Waals surface area (Å²) in [5, 5.41) is 3.61. The molecule has 3 rings (SSSR count). The fourth-order valence-corrected chi connectivity index (χ4v) is 4.13. The highest BCUT2D eigenvalue weighted by Crippen LogP contribution is 2.27. The first-order chi connectivity index (χ1) is 18.3. The monoisotopic (exact) mass is 538 g/mol. The van der Waals surface area contributed by atoms with E-state index < -0.39 is 6.04 Å². The molecule has 0 radical (unpaired) electrons. The predicted molar refractivity (Wildman–Crippen MR) is 149 cm³/mol. The third kappa shape index (κ3) is 8.42. The van der Waals surface area contributed by atoms with Crippen LogP contribution in [0.15, 0.2) is 72.8 Å². The van der Waals surface area contributed by atoms with E-state index in [1.54, 1.807) is 49.5 Å². The molecule has 0 aliphatic carbocycles. The van der Waals surface area contributed by atoms with Crippen molar-refractivity contribution >= 4 is 23.4 Å². The maximum absolute atomic E-state index is 13.7. The average molecular weight is 539 g/mol. The van der Waals surface area contributed by atoms with Crippen LogP contribution in [0.1, 0.15) is 31.4 Å². The van der Waals surface area contributed by atoms with E-state index in [9.17, 15) is 9.59 Å². The third-order valence-electron chi connectivity index (χ3n) is 6.20. The van der Waals surface area contributed by atoms with Crippen LogP contribution in [0.4, 0.5) is 0 Å². The lowest BCUT2D eigenvalue weighted by atomic mass is 10.0. The van der Waals surface area contributed by atoms with Crippen LogP contribution in [0.25, 0.3) is 0 Å². The molecule has 0 aliphatic rings. The van der Waals surface area contributed by atoms with Gasteiger partial charge in [0.25, 0.3) is 5.91 Å². The molecule has 38 heavy (non-hydrogen) atoms. The van der Waals surface area contributed by atoms with Gasteiger partial charge in [-0.05, 0) is 36.6 Å². The number of benzene rings is 3. The molecule has 3 aromatic rings. The van der Waals surface area contributed by atoms with Crippen molar-refractivity contribution in [1.82, 2.24) is 10.2 Å². The molecule has 0 heterocycles. The van der Waals surface area contributed by atoms with Crippen LogP contribution in [0.5, 0.6) is 17.2 Å². The van der Waals surface area contributed by atoms with E-state index in [1.807, 2.05) is 56.3 Å². The summed E-state index contributed by atoms with van der Waals surface area (Å²) in [5.74, 6) is 0.935. The first-order valence-corrected chi connectivity index (χ1v) is 12.9. The zero-order valence-corrected chi connectivity index (χ0v) is 23.0. The van der Waals surface area contributed by atoms with Crippen LogP contribution in [-0.4, -0.2) is 49.6 Å². The predicted octanol–water partition coefficient (Wildman–Crippen LogP) is 5.29. The molecule has 1 N–H and O–H groups in total. The second-order valence-corrected chi connectivity index (χ2v) is 9.45. The highest BCUT2D eigenvalue weighted by atomic mass is 35.5. The Morgan fingerprint density at radius 1 is 0.895 bits per heavy atom. The van der Waals surface area contributed by atoms with E-state index in [1.165, 1.54) is 0 Å². The minimum absolute atomic E-state index is 0.0376. The van der Waals surface area contributed by atoms with E-state index in [2.05, 4.69) is 5.32 Å². The Kier molecular flexibility index (Phi) is 10.8. The summed E-state index contributed by atoms with van der Waals surface area (Å²) in [5.41, 5.74) is 1.75. The molecule has 0 spiro atoms. The lowest BCUT2D eigenvalue weighted by molar-refractivity contribution is -0.143. The molecule has 0 fully saturated rings. The molecule has 8 heteroatoms. The van der Waals surface area contributed by atoms with Gasteiger partial charge in [0.05, 0.1) is 14.2 Å². The molecular formula is C30H35ClN2O5. The Morgan fingerprint density at radius 2 is 1.53 bits per heavy atom. The fraction of sp³-hybridized carbons (Fsp3) is 0.333. The summed E-state index contributed by atoms with van der Waals surface area (Å²) in [7, 11) is 3.08. The van der Waals surface area contributed by atoms with E-state index in [-0.39, 0.29) is 31.0 Å². The zero-order chi connectivity index (χ0) is 27.5. The van der Waals surface area contributed by atoms with E-state index in [4.69, 9.17) is 25.8 Å². The topological polar surface area (TPSA) is 77.1 Å². The first-order valence-electron chi connectivity index (χ1n) is 12.6. The van der Waals surface area contributed by atoms with Gasteiger partial charge < -0.3 is 24.4 Å². The number of carbonyl (C=O) groups excluding carboxylic acids is 2. The molecule has 0 aromatic heterocycles. The van der Waals surface area contributed by atoms with Crippen molar-refractivity contribution in [2.24, 2.45) is 0 Å². The number of ether oxygens (including phenoxy) is 3. The Balaban J connectivity index is 1.93. The van der Waals surface area contributed by atoms with Gasteiger partial charge in [-0.3, -0.25) is 9.59 Å². The van der Waals surface area contributed by atoms with Gasteiger partial charge in [-0.25, -0.2) is 0 Å². The molecule has 202 valence electrons. The number of rotatable bonds is 13. The average Bonchev–Trinajstić information content (AvgIpc) is 2.93. The Labute approximate surface area is 229 Å². The standard InChI is InChI=1S/C30H35ClN2O5/c1-5-21(2)32-30(35)28(15-22-10-7-6-8-11-22)33(19-23-12-9-13-24(31)14-23)29(34)20-38-27-17-25(36-3)16-26(18-27)37-4/h6-14,16-18,21,28H,5,15,19-20H2,1-4H3,(H,32,35)/t21-,28-/m0/s1. The third-order valence-corrected chi connectivity index (χ3v) is 6.44. The maximum Gasteiger partial charge on any atom is 0.261 e. The second-order valence-electron chi connectivity index (χ2n) is 9.01. The zero-order valence-electron chi connectivity index (χ0n) is 22.3. The maximum atomic E-state index is 13.7. The Hall–Kier alpha value is -3.71. The van der Waals surface area contributed by atoms with Crippen molar-refractivity contribution in [3.05, 3.63) is 88.9 Å². The van der Waals surface area contributed by atoms with Gasteiger partial charge in [-0.1, -0.05) is 61.0 Å². The van der Waals surface area contributed by atoms with Crippen LogP contribution < -0.4 is 19.5 Å². The number of hydrogen-bond donors (Lipinski definition) is 1. The normalized spacial score (nSPS) is 12.2. The fourth-order valence-electron chi connectivity index (χ4n) is 3.92. The molecule has 0 bridgehead atoms. The molecule has 0 saturated carbocycles. The number of nitrogens with one attached hydrogen (secondary N) is 1. The van der Waals surface area contributed by atoms with Gasteiger partial charge in [0, 0.05) is 42.2 Å². The van der Waals surface area contributed by atoms with Gasteiger partial charge in [-0.2, -0.15) is 0 Å². The molecule has 7 nitrogen and oxygen atoms in total. The van der Waals surface area contributed by atoms with Gasteiger partial charge >= 0.3 is 0 Å². The van der Waals surface area contributed by atoms with Crippen LogP contribution in [-0.2, 0) is 22.6 Å². The summed E-state index contributed by atoms with van der Waals surface area (Å²) < 4.78 is 16.5. The van der Waals surface area contributed by atoms with Crippen LogP contribution in [0, 0.1) is 0 Å². The van der Waals surface area contributed by atoms with E-state index in [0.717, 1.165) is 17.5 Å². The van der Waals surface area contributed by atoms with E-state index >= 15 is 0 Å².